The Morgan fingerprint density at radius 2 is 2.29 bits per heavy atom. The third kappa shape index (κ3) is 3.18. The number of nitrogens with one attached hydrogen (secondary N) is 1. The van der Waals surface area contributed by atoms with Crippen LogP contribution in [0, 0.1) is 6.92 Å². The van der Waals surface area contributed by atoms with Gasteiger partial charge in [0, 0.05) is 5.69 Å². The van der Waals surface area contributed by atoms with Crippen LogP contribution in [0.4, 0.5) is 0 Å². The second-order valence-corrected chi connectivity index (χ2v) is 3.15. The van der Waals surface area contributed by atoms with Crippen molar-refractivity contribution in [3.63, 3.8) is 0 Å². The molecule has 0 saturated heterocycles. The number of aromatic hydroxyl groups is 1. The molecule has 0 aromatic carbocycles. The molecule has 1 rings (SSSR count). The minimum Gasteiger partial charge on any atom is -0.506 e. The van der Waals surface area contributed by atoms with E-state index in [1.54, 1.807) is 12.1 Å². The van der Waals surface area contributed by atoms with Crippen LogP contribution >= 0.6 is 0 Å². The summed E-state index contributed by atoms with van der Waals surface area (Å²) in [6.45, 7) is 2.84. The third-order valence-corrected chi connectivity index (χ3v) is 1.88. The summed E-state index contributed by atoms with van der Waals surface area (Å²) in [5.41, 5.74) is 1.55. The van der Waals surface area contributed by atoms with E-state index in [1.807, 2.05) is 26.1 Å². The fraction of sp³-hybridized carbons (Fsp3) is 0.364. The number of hydrogen-bond acceptors (Lipinski definition) is 3. The quantitative estimate of drug-likeness (QED) is 0.714. The van der Waals surface area contributed by atoms with Gasteiger partial charge in [-0.25, -0.2) is 4.98 Å². The molecule has 0 atom stereocenters. The monoisotopic (exact) mass is 192 g/mol. The highest BCUT2D eigenvalue weighted by atomic mass is 16.3. The van der Waals surface area contributed by atoms with Gasteiger partial charge in [-0.3, -0.25) is 0 Å². The van der Waals surface area contributed by atoms with Crippen LogP contribution in [0.3, 0.4) is 0 Å². The van der Waals surface area contributed by atoms with Crippen LogP contribution < -0.4 is 5.32 Å². The largest absolute Gasteiger partial charge is 0.506 e. The topological polar surface area (TPSA) is 45.2 Å². The van der Waals surface area contributed by atoms with Crippen molar-refractivity contribution in [1.82, 2.24) is 10.3 Å². The van der Waals surface area contributed by atoms with E-state index in [1.165, 1.54) is 0 Å². The average molecular weight is 192 g/mol. The molecule has 1 aromatic heterocycles. The Bertz CT molecular complexity index is 321. The maximum atomic E-state index is 9.46. The van der Waals surface area contributed by atoms with Gasteiger partial charge >= 0.3 is 0 Å². The summed E-state index contributed by atoms with van der Waals surface area (Å²) in [7, 11) is 1.91. The predicted octanol–water partition coefficient (Wildman–Crippen LogP) is 1.72. The first-order valence-electron chi connectivity index (χ1n) is 4.72. The van der Waals surface area contributed by atoms with E-state index in [0.717, 1.165) is 18.7 Å². The van der Waals surface area contributed by atoms with Gasteiger partial charge < -0.3 is 10.4 Å². The molecule has 3 nitrogen and oxygen atoms in total. The van der Waals surface area contributed by atoms with Crippen molar-refractivity contribution in [2.45, 2.75) is 13.3 Å². The van der Waals surface area contributed by atoms with Crippen LogP contribution in [0.15, 0.2) is 18.2 Å². The first kappa shape index (κ1) is 10.7. The maximum Gasteiger partial charge on any atom is 0.141 e. The summed E-state index contributed by atoms with van der Waals surface area (Å²) < 4.78 is 0. The van der Waals surface area contributed by atoms with E-state index >= 15 is 0 Å². The number of pyridine rings is 1. The fourth-order valence-corrected chi connectivity index (χ4v) is 1.11. The first-order valence-corrected chi connectivity index (χ1v) is 4.72. The lowest BCUT2D eigenvalue weighted by Crippen LogP contribution is -2.05. The lowest BCUT2D eigenvalue weighted by atomic mass is 10.2. The van der Waals surface area contributed by atoms with Gasteiger partial charge in [-0.05, 0) is 45.1 Å². The minimum atomic E-state index is 0.233. The fourth-order valence-electron chi connectivity index (χ4n) is 1.11. The molecule has 3 heteroatoms. The second kappa shape index (κ2) is 5.40. The summed E-state index contributed by atoms with van der Waals surface area (Å²) >= 11 is 0. The molecule has 1 aromatic rings. The summed E-state index contributed by atoms with van der Waals surface area (Å²) in [6.07, 6.45) is 4.78. The Morgan fingerprint density at radius 1 is 1.50 bits per heavy atom. The van der Waals surface area contributed by atoms with Gasteiger partial charge in [-0.2, -0.15) is 0 Å². The van der Waals surface area contributed by atoms with Crippen molar-refractivity contribution in [3.8, 4) is 5.75 Å². The Kier molecular flexibility index (Phi) is 4.13. The number of nitrogens with zero attached hydrogens (tertiary/aromatic N) is 1. The highest BCUT2D eigenvalue weighted by molar-refractivity contribution is 5.52. The zero-order chi connectivity index (χ0) is 10.4. The molecule has 1 heterocycles. The van der Waals surface area contributed by atoms with Crippen LogP contribution in [0.1, 0.15) is 17.8 Å². The zero-order valence-corrected chi connectivity index (χ0v) is 8.62. The number of rotatable bonds is 4. The van der Waals surface area contributed by atoms with E-state index in [0.29, 0.717) is 5.69 Å². The van der Waals surface area contributed by atoms with Crippen LogP contribution in [0.5, 0.6) is 5.75 Å². The van der Waals surface area contributed by atoms with Gasteiger partial charge in [0.15, 0.2) is 0 Å². The second-order valence-electron chi connectivity index (χ2n) is 3.15. The third-order valence-electron chi connectivity index (χ3n) is 1.88. The molecule has 0 saturated carbocycles. The normalized spacial score (nSPS) is 11.0. The maximum absolute atomic E-state index is 9.46. The van der Waals surface area contributed by atoms with Crippen molar-refractivity contribution < 1.29 is 5.11 Å². The standard InChI is InChI=1S/C11H16N2O/c1-9-6-7-11(14)10(13-9)5-3-4-8-12-2/h3,5-7,12,14H,4,8H2,1-2H3. The zero-order valence-electron chi connectivity index (χ0n) is 8.62. The van der Waals surface area contributed by atoms with Crippen molar-refractivity contribution in [1.29, 1.82) is 0 Å². The van der Waals surface area contributed by atoms with Crippen molar-refractivity contribution in [3.05, 3.63) is 29.6 Å². The molecule has 0 aliphatic carbocycles. The lowest BCUT2D eigenvalue weighted by molar-refractivity contribution is 0.470. The number of hydrogen-bond donors (Lipinski definition) is 2. The molecule has 0 aliphatic heterocycles. The predicted molar refractivity (Wildman–Crippen MR) is 58.2 cm³/mol. The molecular formula is C11H16N2O. The van der Waals surface area contributed by atoms with Crippen LogP contribution in [0.2, 0.25) is 0 Å². The van der Waals surface area contributed by atoms with Crippen molar-refractivity contribution in [2.75, 3.05) is 13.6 Å². The van der Waals surface area contributed by atoms with E-state index in [-0.39, 0.29) is 5.75 Å². The number of aryl methyl sites for hydroxylation is 1. The van der Waals surface area contributed by atoms with E-state index in [4.69, 9.17) is 0 Å². The van der Waals surface area contributed by atoms with Gasteiger partial charge in [0.2, 0.25) is 0 Å². The Morgan fingerprint density at radius 3 is 3.00 bits per heavy atom. The molecule has 76 valence electrons. The summed E-state index contributed by atoms with van der Waals surface area (Å²) in [6, 6.07) is 3.46. The average Bonchev–Trinajstić information content (AvgIpc) is 2.18. The molecule has 0 spiro atoms. The van der Waals surface area contributed by atoms with E-state index < -0.39 is 0 Å². The van der Waals surface area contributed by atoms with Gasteiger partial charge in [-0.1, -0.05) is 6.08 Å². The summed E-state index contributed by atoms with van der Waals surface area (Å²) in [5, 5.41) is 12.5. The smallest absolute Gasteiger partial charge is 0.141 e. The van der Waals surface area contributed by atoms with Gasteiger partial charge in [0.05, 0.1) is 0 Å². The molecule has 0 aliphatic rings. The van der Waals surface area contributed by atoms with Gasteiger partial charge in [-0.15, -0.1) is 0 Å². The summed E-state index contributed by atoms with van der Waals surface area (Å²) in [5.74, 6) is 0.233. The van der Waals surface area contributed by atoms with Gasteiger partial charge in [0.25, 0.3) is 0 Å². The highest BCUT2D eigenvalue weighted by Gasteiger charge is 1.97. The van der Waals surface area contributed by atoms with Crippen LogP contribution in [-0.4, -0.2) is 23.7 Å². The molecule has 14 heavy (non-hydrogen) atoms. The molecule has 0 bridgehead atoms. The Labute approximate surface area is 84.5 Å². The van der Waals surface area contributed by atoms with E-state index in [9.17, 15) is 5.11 Å². The Hall–Kier alpha value is -1.35. The van der Waals surface area contributed by atoms with Crippen molar-refractivity contribution in [2.24, 2.45) is 0 Å². The molecule has 0 radical (unpaired) electrons. The first-order chi connectivity index (χ1) is 6.74. The molecule has 2 N–H and O–H groups in total. The van der Waals surface area contributed by atoms with Crippen LogP contribution in [-0.2, 0) is 0 Å². The molecule has 0 amide bonds. The molecule has 0 unspecified atom stereocenters. The molecule has 0 fully saturated rings. The van der Waals surface area contributed by atoms with Crippen molar-refractivity contribution >= 4 is 6.08 Å². The Balaban J connectivity index is 2.65. The summed E-state index contributed by atoms with van der Waals surface area (Å²) in [4.78, 5) is 4.21. The minimum absolute atomic E-state index is 0.233. The van der Waals surface area contributed by atoms with Gasteiger partial charge in [0.1, 0.15) is 11.4 Å². The van der Waals surface area contributed by atoms with E-state index in [2.05, 4.69) is 10.3 Å². The SMILES string of the molecule is CNCCC=Cc1nc(C)ccc1O. The highest BCUT2D eigenvalue weighted by Crippen LogP contribution is 2.15. The van der Waals surface area contributed by atoms with Crippen LogP contribution in [0.25, 0.3) is 6.08 Å². The number of aromatic nitrogens is 1. The molecular weight excluding hydrogens is 176 g/mol. The lowest BCUT2D eigenvalue weighted by Gasteiger charge is -1.99.